The fourth-order valence-electron chi connectivity index (χ4n) is 3.50. The predicted octanol–water partition coefficient (Wildman–Crippen LogP) is 3.58. The summed E-state index contributed by atoms with van der Waals surface area (Å²) < 4.78 is 59.9. The lowest BCUT2D eigenvalue weighted by Gasteiger charge is -2.24. The highest BCUT2D eigenvalue weighted by molar-refractivity contribution is 7.92. The van der Waals surface area contributed by atoms with Gasteiger partial charge in [0, 0.05) is 11.7 Å². The number of fused-ring (bicyclic) bond motifs is 2. The number of nitrogens with one attached hydrogen (secondary N) is 1. The molecule has 0 spiro atoms. The quantitative estimate of drug-likeness (QED) is 0.926. The van der Waals surface area contributed by atoms with Gasteiger partial charge < -0.3 is 5.32 Å². The summed E-state index contributed by atoms with van der Waals surface area (Å²) in [4.78, 5) is -0.714. The smallest absolute Gasteiger partial charge is 0.382 e. The van der Waals surface area contributed by atoms with E-state index in [1.54, 1.807) is 0 Å². The Morgan fingerprint density at radius 1 is 1.05 bits per heavy atom. The second kappa shape index (κ2) is 4.90. The van der Waals surface area contributed by atoms with Crippen LogP contribution < -0.4 is 5.32 Å². The SMILES string of the molecule is O=S(=O)(c1ccc(NC2CC3CCC2C3)cc1)C(F)(F)F. The number of hydrogen-bond donors (Lipinski definition) is 1. The van der Waals surface area contributed by atoms with Gasteiger partial charge in [0.05, 0.1) is 4.90 Å². The highest BCUT2D eigenvalue weighted by Crippen LogP contribution is 2.45. The van der Waals surface area contributed by atoms with E-state index in [4.69, 9.17) is 0 Å². The van der Waals surface area contributed by atoms with Crippen LogP contribution in [-0.2, 0) is 9.84 Å². The molecule has 1 aromatic carbocycles. The number of alkyl halides is 3. The molecule has 3 nitrogen and oxygen atoms in total. The molecule has 2 bridgehead atoms. The van der Waals surface area contributed by atoms with Gasteiger partial charge in [0.1, 0.15) is 0 Å². The summed E-state index contributed by atoms with van der Waals surface area (Å²) in [5.74, 6) is 1.39. The highest BCUT2D eigenvalue weighted by atomic mass is 32.2. The van der Waals surface area contributed by atoms with Crippen molar-refractivity contribution in [1.82, 2.24) is 0 Å². The first-order valence-corrected chi connectivity index (χ1v) is 8.43. The van der Waals surface area contributed by atoms with Crippen LogP contribution in [0.1, 0.15) is 25.7 Å². The Morgan fingerprint density at radius 3 is 2.19 bits per heavy atom. The first kappa shape index (κ1) is 14.7. The van der Waals surface area contributed by atoms with E-state index in [-0.39, 0.29) is 0 Å². The van der Waals surface area contributed by atoms with E-state index in [0.29, 0.717) is 17.6 Å². The van der Waals surface area contributed by atoms with Gasteiger partial charge in [-0.3, -0.25) is 0 Å². The summed E-state index contributed by atoms with van der Waals surface area (Å²) in [6.07, 6.45) is 4.78. The van der Waals surface area contributed by atoms with Gasteiger partial charge in [0.2, 0.25) is 0 Å². The Hall–Kier alpha value is -1.24. The fraction of sp³-hybridized carbons (Fsp3) is 0.571. The molecule has 2 aliphatic rings. The number of hydrogen-bond acceptors (Lipinski definition) is 3. The molecule has 0 aliphatic heterocycles. The summed E-state index contributed by atoms with van der Waals surface area (Å²) in [5.41, 5.74) is -4.58. The van der Waals surface area contributed by atoms with Gasteiger partial charge in [-0.25, -0.2) is 8.42 Å². The number of anilines is 1. The maximum absolute atomic E-state index is 12.4. The normalized spacial score (nSPS) is 28.8. The largest absolute Gasteiger partial charge is 0.501 e. The molecule has 0 saturated heterocycles. The Labute approximate surface area is 121 Å². The van der Waals surface area contributed by atoms with Crippen LogP contribution in [0.4, 0.5) is 18.9 Å². The molecule has 1 N–H and O–H groups in total. The van der Waals surface area contributed by atoms with Crippen molar-refractivity contribution in [3.63, 3.8) is 0 Å². The molecule has 3 unspecified atom stereocenters. The summed E-state index contributed by atoms with van der Waals surface area (Å²) in [5, 5.41) is 3.31. The zero-order valence-electron chi connectivity index (χ0n) is 11.2. The van der Waals surface area contributed by atoms with Crippen molar-refractivity contribution in [2.24, 2.45) is 11.8 Å². The lowest BCUT2D eigenvalue weighted by atomic mass is 9.95. The lowest BCUT2D eigenvalue weighted by Crippen LogP contribution is -2.26. The summed E-state index contributed by atoms with van der Waals surface area (Å²) in [6.45, 7) is 0. The second-order valence-electron chi connectivity index (χ2n) is 5.90. The van der Waals surface area contributed by atoms with Crippen LogP contribution >= 0.6 is 0 Å². The standard InChI is InChI=1S/C14H16F3NO2S/c15-14(16,17)21(19,20)12-5-3-11(4-6-12)18-13-8-9-1-2-10(13)7-9/h3-6,9-10,13,18H,1-2,7-8H2. The van der Waals surface area contributed by atoms with E-state index in [9.17, 15) is 21.6 Å². The molecule has 0 heterocycles. The van der Waals surface area contributed by atoms with Crippen molar-refractivity contribution >= 4 is 15.5 Å². The predicted molar refractivity (Wildman–Crippen MR) is 72.5 cm³/mol. The van der Waals surface area contributed by atoms with Crippen molar-refractivity contribution in [3.05, 3.63) is 24.3 Å². The summed E-state index contributed by atoms with van der Waals surface area (Å²) in [6, 6.07) is 5.19. The zero-order chi connectivity index (χ0) is 15.3. The van der Waals surface area contributed by atoms with Crippen molar-refractivity contribution in [2.45, 2.75) is 42.1 Å². The first-order chi connectivity index (χ1) is 9.77. The van der Waals surface area contributed by atoms with E-state index in [1.165, 1.54) is 31.4 Å². The maximum Gasteiger partial charge on any atom is 0.501 e. The van der Waals surface area contributed by atoms with E-state index >= 15 is 0 Å². The minimum absolute atomic E-state index is 0.355. The number of sulfone groups is 1. The van der Waals surface area contributed by atoms with Crippen molar-refractivity contribution < 1.29 is 21.6 Å². The van der Waals surface area contributed by atoms with Crippen molar-refractivity contribution in [1.29, 1.82) is 0 Å². The van der Waals surface area contributed by atoms with Crippen LogP contribution in [0, 0.1) is 11.8 Å². The van der Waals surface area contributed by atoms with Gasteiger partial charge in [0.25, 0.3) is 9.84 Å². The van der Waals surface area contributed by atoms with Crippen molar-refractivity contribution in [3.8, 4) is 0 Å². The number of benzene rings is 1. The fourth-order valence-corrected chi connectivity index (χ4v) is 4.26. The average Bonchev–Trinajstić information content (AvgIpc) is 3.00. The van der Waals surface area contributed by atoms with Crippen LogP contribution in [-0.4, -0.2) is 20.0 Å². The van der Waals surface area contributed by atoms with Gasteiger partial charge >= 0.3 is 5.51 Å². The molecular weight excluding hydrogens is 303 g/mol. The Morgan fingerprint density at radius 2 is 1.71 bits per heavy atom. The minimum Gasteiger partial charge on any atom is -0.382 e. The van der Waals surface area contributed by atoms with Crippen LogP contribution in [0.5, 0.6) is 0 Å². The molecule has 7 heteroatoms. The zero-order valence-corrected chi connectivity index (χ0v) is 12.0. The first-order valence-electron chi connectivity index (χ1n) is 6.95. The molecule has 0 aromatic heterocycles. The monoisotopic (exact) mass is 319 g/mol. The van der Waals surface area contributed by atoms with E-state index in [0.717, 1.165) is 24.5 Å². The van der Waals surface area contributed by atoms with Crippen LogP contribution in [0.2, 0.25) is 0 Å². The van der Waals surface area contributed by atoms with Gasteiger partial charge in [-0.2, -0.15) is 13.2 Å². The maximum atomic E-state index is 12.4. The molecule has 1 aromatic rings. The molecule has 3 rings (SSSR count). The topological polar surface area (TPSA) is 46.2 Å². The Kier molecular flexibility index (Phi) is 3.43. The highest BCUT2D eigenvalue weighted by Gasteiger charge is 2.46. The molecular formula is C14H16F3NO2S. The lowest BCUT2D eigenvalue weighted by molar-refractivity contribution is -0.0436. The number of halogens is 3. The Balaban J connectivity index is 1.73. The van der Waals surface area contributed by atoms with Gasteiger partial charge in [0.15, 0.2) is 0 Å². The van der Waals surface area contributed by atoms with E-state index in [2.05, 4.69) is 5.32 Å². The molecule has 2 saturated carbocycles. The van der Waals surface area contributed by atoms with Crippen LogP contribution in [0.25, 0.3) is 0 Å². The molecule has 0 amide bonds. The third kappa shape index (κ3) is 2.63. The summed E-state index contributed by atoms with van der Waals surface area (Å²) in [7, 11) is -5.26. The molecule has 3 atom stereocenters. The van der Waals surface area contributed by atoms with E-state index in [1.807, 2.05) is 0 Å². The van der Waals surface area contributed by atoms with Crippen LogP contribution in [0.3, 0.4) is 0 Å². The van der Waals surface area contributed by atoms with Crippen molar-refractivity contribution in [2.75, 3.05) is 5.32 Å². The molecule has 0 radical (unpaired) electrons. The third-order valence-electron chi connectivity index (χ3n) is 4.56. The third-order valence-corrected chi connectivity index (χ3v) is 6.06. The van der Waals surface area contributed by atoms with Gasteiger partial charge in [-0.05, 0) is 55.4 Å². The van der Waals surface area contributed by atoms with E-state index < -0.39 is 20.2 Å². The second-order valence-corrected chi connectivity index (χ2v) is 7.84. The molecule has 2 aliphatic carbocycles. The average molecular weight is 319 g/mol. The summed E-state index contributed by atoms with van der Waals surface area (Å²) >= 11 is 0. The minimum atomic E-state index is -5.26. The molecule has 2 fully saturated rings. The molecule has 21 heavy (non-hydrogen) atoms. The van der Waals surface area contributed by atoms with Gasteiger partial charge in [-0.1, -0.05) is 6.42 Å². The van der Waals surface area contributed by atoms with Gasteiger partial charge in [-0.15, -0.1) is 0 Å². The molecule has 116 valence electrons. The Bertz CT molecular complexity index is 625. The number of rotatable bonds is 3. The van der Waals surface area contributed by atoms with Crippen LogP contribution in [0.15, 0.2) is 29.2 Å².